The molecule has 2 N–H and O–H groups in total. The second kappa shape index (κ2) is 7.60. The third kappa shape index (κ3) is 3.91. The maximum Gasteiger partial charge on any atom is 0.323 e. The van der Waals surface area contributed by atoms with Crippen LogP contribution < -0.4 is 10.6 Å². The molecule has 0 saturated heterocycles. The number of hydrogen-bond donors (Lipinski definition) is 2. The molecule has 0 unspecified atom stereocenters. The maximum absolute atomic E-state index is 12.5. The molecule has 1 aromatic heterocycles. The smallest absolute Gasteiger partial charge is 0.323 e. The van der Waals surface area contributed by atoms with Crippen molar-refractivity contribution in [1.29, 1.82) is 0 Å². The molecule has 28 heavy (non-hydrogen) atoms. The first-order valence-electron chi connectivity index (χ1n) is 9.18. The number of hydrogen-bond acceptors (Lipinski definition) is 3. The fourth-order valence-electron chi connectivity index (χ4n) is 3.38. The van der Waals surface area contributed by atoms with Gasteiger partial charge in [0.1, 0.15) is 0 Å². The van der Waals surface area contributed by atoms with E-state index in [1.807, 2.05) is 49.4 Å². The van der Waals surface area contributed by atoms with Gasteiger partial charge in [0, 0.05) is 24.5 Å². The number of nitrogens with one attached hydrogen (secondary N) is 2. The molecule has 0 aliphatic carbocycles. The van der Waals surface area contributed by atoms with E-state index in [4.69, 9.17) is 4.42 Å². The van der Waals surface area contributed by atoms with E-state index >= 15 is 0 Å². The van der Waals surface area contributed by atoms with Gasteiger partial charge in [0.25, 0.3) is 5.91 Å². The van der Waals surface area contributed by atoms with Crippen LogP contribution in [0.1, 0.15) is 27.2 Å². The topological polar surface area (TPSA) is 74.6 Å². The molecule has 2 heterocycles. The highest BCUT2D eigenvalue weighted by molar-refractivity contribution is 5.99. The lowest BCUT2D eigenvalue weighted by Crippen LogP contribution is -2.35. The lowest BCUT2D eigenvalue weighted by Gasteiger charge is -2.28. The Balaban J connectivity index is 1.44. The largest absolute Gasteiger partial charge is 0.459 e. The molecule has 0 bridgehead atoms. The number of aryl methyl sites for hydroxylation is 1. The minimum atomic E-state index is -0.301. The molecule has 0 atom stereocenters. The first-order chi connectivity index (χ1) is 13.6. The first-order valence-corrected chi connectivity index (χ1v) is 9.18. The standard InChI is InChI=1S/C22H21N3O3/c1-15-4-2-5-18(12-15)23-22(27)24-19-8-7-16-9-10-25(14-17(16)13-19)21(26)20-6-3-11-28-20/h2-8,11-13H,9-10,14H2,1H3,(H2,23,24,27). The van der Waals surface area contributed by atoms with Gasteiger partial charge in [-0.05, 0) is 66.4 Å². The van der Waals surface area contributed by atoms with E-state index in [9.17, 15) is 9.59 Å². The second-order valence-electron chi connectivity index (χ2n) is 6.89. The van der Waals surface area contributed by atoms with E-state index in [0.29, 0.717) is 24.5 Å². The van der Waals surface area contributed by atoms with Gasteiger partial charge in [-0.1, -0.05) is 18.2 Å². The van der Waals surface area contributed by atoms with E-state index in [0.717, 1.165) is 23.2 Å². The number of fused-ring (bicyclic) bond motifs is 1. The molecule has 0 radical (unpaired) electrons. The number of carbonyl (C=O) groups excluding carboxylic acids is 2. The molecular formula is C22H21N3O3. The predicted molar refractivity (Wildman–Crippen MR) is 107 cm³/mol. The lowest BCUT2D eigenvalue weighted by molar-refractivity contribution is 0.0702. The summed E-state index contributed by atoms with van der Waals surface area (Å²) in [5.41, 5.74) is 4.72. The molecule has 1 aliphatic heterocycles. The zero-order valence-corrected chi connectivity index (χ0v) is 15.6. The summed E-state index contributed by atoms with van der Waals surface area (Å²) in [6.07, 6.45) is 2.28. The molecule has 0 spiro atoms. The molecule has 6 heteroatoms. The Hall–Kier alpha value is -3.54. The van der Waals surface area contributed by atoms with Crippen molar-refractivity contribution in [3.63, 3.8) is 0 Å². The van der Waals surface area contributed by atoms with Crippen LogP contribution in [-0.2, 0) is 13.0 Å². The Morgan fingerprint density at radius 1 is 0.964 bits per heavy atom. The van der Waals surface area contributed by atoms with Crippen molar-refractivity contribution in [3.8, 4) is 0 Å². The van der Waals surface area contributed by atoms with Crippen LogP contribution in [0.3, 0.4) is 0 Å². The van der Waals surface area contributed by atoms with Gasteiger partial charge in [0.05, 0.1) is 6.26 Å². The summed E-state index contributed by atoms with van der Waals surface area (Å²) < 4.78 is 5.22. The zero-order chi connectivity index (χ0) is 19.5. The van der Waals surface area contributed by atoms with Gasteiger partial charge >= 0.3 is 6.03 Å². The van der Waals surface area contributed by atoms with Crippen LogP contribution in [-0.4, -0.2) is 23.4 Å². The molecule has 0 fully saturated rings. The third-order valence-corrected chi connectivity index (χ3v) is 4.77. The Bertz CT molecular complexity index is 1010. The van der Waals surface area contributed by atoms with E-state index in [2.05, 4.69) is 10.6 Å². The van der Waals surface area contributed by atoms with Crippen molar-refractivity contribution in [2.45, 2.75) is 19.9 Å². The molecule has 3 amide bonds. The van der Waals surface area contributed by atoms with Gasteiger partial charge in [0.15, 0.2) is 5.76 Å². The SMILES string of the molecule is Cc1cccc(NC(=O)Nc2ccc3c(c2)CN(C(=O)c2ccco2)CC3)c1. The molecule has 3 aromatic rings. The van der Waals surface area contributed by atoms with Crippen LogP contribution in [0, 0.1) is 6.92 Å². The number of nitrogens with zero attached hydrogens (tertiary/aromatic N) is 1. The summed E-state index contributed by atoms with van der Waals surface area (Å²) in [7, 11) is 0. The van der Waals surface area contributed by atoms with Crippen LogP contribution in [0.2, 0.25) is 0 Å². The van der Waals surface area contributed by atoms with E-state index < -0.39 is 0 Å². The molecule has 1 aliphatic rings. The number of rotatable bonds is 3. The van der Waals surface area contributed by atoms with Crippen LogP contribution in [0.15, 0.2) is 65.3 Å². The van der Waals surface area contributed by atoms with Crippen molar-refractivity contribution in [3.05, 3.63) is 83.3 Å². The van der Waals surface area contributed by atoms with Crippen LogP contribution in [0.5, 0.6) is 0 Å². The van der Waals surface area contributed by atoms with Crippen molar-refractivity contribution in [2.24, 2.45) is 0 Å². The van der Waals surface area contributed by atoms with Crippen LogP contribution in [0.4, 0.5) is 16.2 Å². The van der Waals surface area contributed by atoms with E-state index in [-0.39, 0.29) is 11.9 Å². The summed E-state index contributed by atoms with van der Waals surface area (Å²) in [5, 5.41) is 5.69. The van der Waals surface area contributed by atoms with Crippen molar-refractivity contribution < 1.29 is 14.0 Å². The predicted octanol–water partition coefficient (Wildman–Crippen LogP) is 4.43. The Morgan fingerprint density at radius 3 is 2.54 bits per heavy atom. The molecule has 6 nitrogen and oxygen atoms in total. The fraction of sp³-hybridized carbons (Fsp3) is 0.182. The van der Waals surface area contributed by atoms with E-state index in [1.54, 1.807) is 17.0 Å². The number of carbonyl (C=O) groups is 2. The zero-order valence-electron chi connectivity index (χ0n) is 15.6. The fourth-order valence-corrected chi connectivity index (χ4v) is 3.38. The highest BCUT2D eigenvalue weighted by Gasteiger charge is 2.23. The van der Waals surface area contributed by atoms with Gasteiger partial charge in [-0.15, -0.1) is 0 Å². The van der Waals surface area contributed by atoms with Gasteiger partial charge in [-0.2, -0.15) is 0 Å². The summed E-state index contributed by atoms with van der Waals surface area (Å²) in [4.78, 5) is 26.6. The highest BCUT2D eigenvalue weighted by atomic mass is 16.3. The van der Waals surface area contributed by atoms with Gasteiger partial charge in [-0.25, -0.2) is 4.79 Å². The first kappa shape index (κ1) is 17.9. The van der Waals surface area contributed by atoms with Crippen LogP contribution >= 0.6 is 0 Å². The van der Waals surface area contributed by atoms with E-state index in [1.165, 1.54) is 11.8 Å². The second-order valence-corrected chi connectivity index (χ2v) is 6.89. The average molecular weight is 375 g/mol. The van der Waals surface area contributed by atoms with Crippen molar-refractivity contribution in [1.82, 2.24) is 4.90 Å². The monoisotopic (exact) mass is 375 g/mol. The van der Waals surface area contributed by atoms with Gasteiger partial charge < -0.3 is 20.0 Å². The number of urea groups is 1. The average Bonchev–Trinajstić information content (AvgIpc) is 3.21. The maximum atomic E-state index is 12.5. The third-order valence-electron chi connectivity index (χ3n) is 4.77. The van der Waals surface area contributed by atoms with Crippen molar-refractivity contribution in [2.75, 3.05) is 17.2 Å². The molecular weight excluding hydrogens is 354 g/mol. The van der Waals surface area contributed by atoms with Gasteiger partial charge in [-0.3, -0.25) is 4.79 Å². The number of benzene rings is 2. The summed E-state index contributed by atoms with van der Waals surface area (Å²) in [5.74, 6) is 0.224. The van der Waals surface area contributed by atoms with Gasteiger partial charge in [0.2, 0.25) is 0 Å². The number of amides is 3. The number of furan rings is 1. The Morgan fingerprint density at radius 2 is 1.79 bits per heavy atom. The number of anilines is 2. The van der Waals surface area contributed by atoms with Crippen molar-refractivity contribution >= 4 is 23.3 Å². The van der Waals surface area contributed by atoms with Crippen LogP contribution in [0.25, 0.3) is 0 Å². The normalized spacial score (nSPS) is 13.0. The molecule has 142 valence electrons. The summed E-state index contributed by atoms with van der Waals surface area (Å²) in [6.45, 7) is 3.11. The molecule has 0 saturated carbocycles. The Kier molecular flexibility index (Phi) is 4.85. The molecule has 4 rings (SSSR count). The summed E-state index contributed by atoms with van der Waals surface area (Å²) in [6, 6.07) is 16.5. The quantitative estimate of drug-likeness (QED) is 0.711. The summed E-state index contributed by atoms with van der Waals surface area (Å²) >= 11 is 0. The highest BCUT2D eigenvalue weighted by Crippen LogP contribution is 2.24. The Labute approximate surface area is 163 Å². The lowest BCUT2D eigenvalue weighted by atomic mass is 9.99. The minimum Gasteiger partial charge on any atom is -0.459 e. The molecule has 2 aromatic carbocycles. The minimum absolute atomic E-state index is 0.119.